The first-order chi connectivity index (χ1) is 19.2. The number of benzene rings is 3. The van der Waals surface area contributed by atoms with Crippen LogP contribution in [0.4, 0.5) is 13.2 Å². The largest absolute Gasteiger partial charge is 0.493 e. The van der Waals surface area contributed by atoms with Gasteiger partial charge in [0.15, 0.2) is 0 Å². The van der Waals surface area contributed by atoms with Gasteiger partial charge in [-0.05, 0) is 61.7 Å². The Labute approximate surface area is 235 Å². The number of carboxylic acid groups (broad SMARTS) is 1. The molecule has 0 aromatic heterocycles. The van der Waals surface area contributed by atoms with E-state index in [-0.39, 0.29) is 48.6 Å². The summed E-state index contributed by atoms with van der Waals surface area (Å²) in [6.07, 6.45) is -4.99. The molecule has 220 valence electrons. The molecule has 0 saturated carbocycles. The molecule has 0 spiro atoms. The molecule has 1 saturated heterocycles. The fourth-order valence-electron chi connectivity index (χ4n) is 4.58. The van der Waals surface area contributed by atoms with Gasteiger partial charge < -0.3 is 9.84 Å². The number of aromatic carboxylic acids is 1. The van der Waals surface area contributed by atoms with E-state index in [4.69, 9.17) is 9.84 Å². The first-order valence-electron chi connectivity index (χ1n) is 12.5. The third kappa shape index (κ3) is 6.72. The van der Waals surface area contributed by atoms with E-state index < -0.39 is 48.7 Å². The Hall–Kier alpha value is -3.46. The molecule has 0 bridgehead atoms. The quantitative estimate of drug-likeness (QED) is 0.361. The Morgan fingerprint density at radius 2 is 1.68 bits per heavy atom. The van der Waals surface area contributed by atoms with Crippen molar-refractivity contribution < 1.29 is 44.6 Å². The number of hydrogen-bond donors (Lipinski definition) is 2. The maximum atomic E-state index is 14.1. The molecule has 0 atom stereocenters. The number of sulfonamides is 2. The topological polar surface area (TPSA) is 130 Å². The highest BCUT2D eigenvalue weighted by atomic mass is 32.2. The zero-order valence-corrected chi connectivity index (χ0v) is 23.4. The van der Waals surface area contributed by atoms with Crippen LogP contribution in [-0.4, -0.2) is 58.0 Å². The van der Waals surface area contributed by atoms with E-state index in [0.29, 0.717) is 11.3 Å². The minimum absolute atomic E-state index is 0.00174. The van der Waals surface area contributed by atoms with Crippen LogP contribution in [0.25, 0.3) is 11.1 Å². The Balaban J connectivity index is 1.54. The number of hydrogen-bond acceptors (Lipinski definition) is 6. The maximum Gasteiger partial charge on any atom is 0.417 e. The van der Waals surface area contributed by atoms with Crippen LogP contribution in [0.15, 0.2) is 76.5 Å². The predicted molar refractivity (Wildman–Crippen MR) is 144 cm³/mol. The van der Waals surface area contributed by atoms with Crippen molar-refractivity contribution in [3.8, 4) is 16.9 Å². The molecular formula is C27H27F3N2O7S2. The number of piperidine rings is 1. The zero-order valence-electron chi connectivity index (χ0n) is 21.8. The lowest BCUT2D eigenvalue weighted by molar-refractivity contribution is -0.139. The Morgan fingerprint density at radius 3 is 2.32 bits per heavy atom. The van der Waals surface area contributed by atoms with Gasteiger partial charge in [0.25, 0.3) is 0 Å². The summed E-state index contributed by atoms with van der Waals surface area (Å²) in [7, 11) is -8.72. The first-order valence-corrected chi connectivity index (χ1v) is 15.5. The lowest BCUT2D eigenvalue weighted by Crippen LogP contribution is -2.46. The number of carboxylic acids is 1. The van der Waals surface area contributed by atoms with Crippen LogP contribution in [-0.2, 0) is 26.2 Å². The lowest BCUT2D eigenvalue weighted by atomic mass is 10.0. The fraction of sp³-hybridized carbons (Fsp3) is 0.296. The van der Waals surface area contributed by atoms with Crippen LogP contribution in [0.2, 0.25) is 0 Å². The van der Waals surface area contributed by atoms with Crippen molar-refractivity contribution >= 4 is 26.0 Å². The summed E-state index contributed by atoms with van der Waals surface area (Å²) in [5.41, 5.74) is -1.04. The Bertz CT molecular complexity index is 1650. The second kappa shape index (κ2) is 11.8. The summed E-state index contributed by atoms with van der Waals surface area (Å²) >= 11 is 0. The van der Waals surface area contributed by atoms with Gasteiger partial charge in [-0.15, -0.1) is 0 Å². The predicted octanol–water partition coefficient (Wildman–Crippen LogP) is 4.60. The summed E-state index contributed by atoms with van der Waals surface area (Å²) in [4.78, 5) is 10.1. The normalized spacial score (nSPS) is 15.5. The van der Waals surface area contributed by atoms with Crippen molar-refractivity contribution in [3.05, 3.63) is 77.9 Å². The molecule has 41 heavy (non-hydrogen) atoms. The summed E-state index contributed by atoms with van der Waals surface area (Å²) in [6.45, 7) is 1.78. The molecule has 9 nitrogen and oxygen atoms in total. The number of carbonyl (C=O) groups is 1. The number of rotatable bonds is 9. The summed E-state index contributed by atoms with van der Waals surface area (Å²) in [5.74, 6) is -0.937. The monoisotopic (exact) mass is 612 g/mol. The van der Waals surface area contributed by atoms with E-state index >= 15 is 0 Å². The van der Waals surface area contributed by atoms with E-state index in [9.17, 15) is 34.8 Å². The van der Waals surface area contributed by atoms with Crippen LogP contribution < -0.4 is 9.46 Å². The minimum Gasteiger partial charge on any atom is -0.493 e. The van der Waals surface area contributed by atoms with Gasteiger partial charge in [-0.2, -0.15) is 17.5 Å². The minimum atomic E-state index is -4.98. The van der Waals surface area contributed by atoms with Gasteiger partial charge >= 0.3 is 12.1 Å². The number of para-hydroxylation sites is 1. The van der Waals surface area contributed by atoms with Crippen LogP contribution >= 0.6 is 0 Å². The molecule has 0 amide bonds. The lowest BCUT2D eigenvalue weighted by Gasteiger charge is -2.31. The number of ether oxygens (including phenoxy) is 1. The molecule has 4 rings (SSSR count). The third-order valence-electron chi connectivity index (χ3n) is 6.57. The second-order valence-corrected chi connectivity index (χ2v) is 12.9. The second-order valence-electron chi connectivity index (χ2n) is 9.27. The SMILES string of the molecule is CCOc1ccccc1-c1ccc(S(=O)(=O)NC2CCN(S(=O)(=O)c3cccc(C(=O)O)c3)CC2)c(C(F)(F)F)c1. The van der Waals surface area contributed by atoms with Crippen molar-refractivity contribution in [3.63, 3.8) is 0 Å². The van der Waals surface area contributed by atoms with Crippen molar-refractivity contribution in [2.45, 2.75) is 41.8 Å². The molecular weight excluding hydrogens is 585 g/mol. The summed E-state index contributed by atoms with van der Waals surface area (Å²) in [6, 6.07) is 13.5. The van der Waals surface area contributed by atoms with Gasteiger partial charge in [0.05, 0.1) is 27.5 Å². The highest BCUT2D eigenvalue weighted by Gasteiger charge is 2.39. The van der Waals surface area contributed by atoms with E-state index in [2.05, 4.69) is 4.72 Å². The molecule has 3 aromatic carbocycles. The molecule has 1 heterocycles. The Morgan fingerprint density at radius 1 is 1.00 bits per heavy atom. The van der Waals surface area contributed by atoms with Crippen LogP contribution in [0.1, 0.15) is 35.7 Å². The van der Waals surface area contributed by atoms with Gasteiger partial charge in [0, 0.05) is 24.7 Å². The van der Waals surface area contributed by atoms with Crippen molar-refractivity contribution in [1.82, 2.24) is 9.03 Å². The molecule has 1 fully saturated rings. The smallest absolute Gasteiger partial charge is 0.417 e. The highest BCUT2D eigenvalue weighted by Crippen LogP contribution is 2.39. The number of halogens is 3. The van der Waals surface area contributed by atoms with Crippen LogP contribution in [0, 0.1) is 0 Å². The maximum absolute atomic E-state index is 14.1. The third-order valence-corrected chi connectivity index (χ3v) is 10.0. The molecule has 0 unspecified atom stereocenters. The molecule has 0 radical (unpaired) electrons. The fourth-order valence-corrected chi connectivity index (χ4v) is 7.60. The van der Waals surface area contributed by atoms with E-state index in [1.54, 1.807) is 31.2 Å². The number of alkyl halides is 3. The average molecular weight is 613 g/mol. The standard InChI is InChI=1S/C27H27F3N2O7S2/c1-2-39-24-9-4-3-8-22(24)18-10-11-25(23(17-18)27(28,29)30)40(35,36)31-20-12-14-32(15-13-20)41(37,38)21-7-5-6-19(16-21)26(33)34/h3-11,16-17,20,31H,2,12-15H2,1H3,(H,33,34). The van der Waals surface area contributed by atoms with Gasteiger partial charge in [-0.25, -0.2) is 26.4 Å². The molecule has 14 heteroatoms. The summed E-state index contributed by atoms with van der Waals surface area (Å²) < 4.78 is 103. The van der Waals surface area contributed by atoms with Crippen LogP contribution in [0.5, 0.6) is 5.75 Å². The average Bonchev–Trinajstić information content (AvgIpc) is 2.93. The van der Waals surface area contributed by atoms with Gasteiger partial charge in [-0.1, -0.05) is 30.3 Å². The molecule has 0 aliphatic carbocycles. The number of nitrogens with one attached hydrogen (secondary N) is 1. The van der Waals surface area contributed by atoms with E-state index in [0.717, 1.165) is 22.5 Å². The Kier molecular flexibility index (Phi) is 8.78. The highest BCUT2D eigenvalue weighted by molar-refractivity contribution is 7.89. The van der Waals surface area contributed by atoms with Crippen molar-refractivity contribution in [1.29, 1.82) is 0 Å². The molecule has 2 N–H and O–H groups in total. The van der Waals surface area contributed by atoms with Crippen molar-refractivity contribution in [2.24, 2.45) is 0 Å². The van der Waals surface area contributed by atoms with E-state index in [1.807, 2.05) is 0 Å². The zero-order chi connectivity index (χ0) is 30.0. The molecule has 3 aromatic rings. The van der Waals surface area contributed by atoms with Crippen molar-refractivity contribution in [2.75, 3.05) is 19.7 Å². The molecule has 1 aliphatic rings. The van der Waals surface area contributed by atoms with Crippen LogP contribution in [0.3, 0.4) is 0 Å². The van der Waals surface area contributed by atoms with Gasteiger partial charge in [0.2, 0.25) is 20.0 Å². The first kappa shape index (κ1) is 30.5. The molecule has 1 aliphatic heterocycles. The number of nitrogens with zero attached hydrogens (tertiary/aromatic N) is 1. The van der Waals surface area contributed by atoms with E-state index in [1.165, 1.54) is 24.3 Å². The van der Waals surface area contributed by atoms with Gasteiger partial charge in [0.1, 0.15) is 5.75 Å². The summed E-state index contributed by atoms with van der Waals surface area (Å²) in [5, 5.41) is 9.15. The van der Waals surface area contributed by atoms with Gasteiger partial charge in [-0.3, -0.25) is 0 Å².